The van der Waals surface area contributed by atoms with Crippen LogP contribution >= 0.6 is 11.6 Å². The molecular weight excluding hydrogens is 366 g/mol. The molecule has 1 unspecified atom stereocenters. The number of hydrogen-bond donors (Lipinski definition) is 1. The van der Waals surface area contributed by atoms with Gasteiger partial charge in [0.05, 0.1) is 12.0 Å². The normalized spacial score (nSPS) is 20.7. The van der Waals surface area contributed by atoms with Gasteiger partial charge in [-0.1, -0.05) is 41.9 Å². The van der Waals surface area contributed by atoms with Crippen LogP contribution < -0.4 is 14.8 Å². The highest BCUT2D eigenvalue weighted by Gasteiger charge is 2.43. The Labute approximate surface area is 163 Å². The Morgan fingerprint density at radius 3 is 2.56 bits per heavy atom. The van der Waals surface area contributed by atoms with E-state index in [9.17, 15) is 4.79 Å². The molecule has 0 saturated carbocycles. The van der Waals surface area contributed by atoms with Crippen molar-refractivity contribution in [3.05, 3.63) is 59.1 Å². The van der Waals surface area contributed by atoms with Crippen LogP contribution in [0.15, 0.2) is 48.5 Å². The van der Waals surface area contributed by atoms with E-state index in [1.165, 1.54) is 0 Å². The average Bonchev–Trinajstić information content (AvgIpc) is 2.72. The lowest BCUT2D eigenvalue weighted by molar-refractivity contribution is -0.131. The van der Waals surface area contributed by atoms with Gasteiger partial charge < -0.3 is 19.5 Å². The summed E-state index contributed by atoms with van der Waals surface area (Å²) >= 11 is 6.43. The van der Waals surface area contributed by atoms with Crippen LogP contribution in [0.3, 0.4) is 0 Å². The van der Waals surface area contributed by atoms with E-state index < -0.39 is 5.41 Å². The zero-order valence-electron chi connectivity index (χ0n) is 14.9. The molecule has 0 aliphatic carbocycles. The number of halogens is 1. The quantitative estimate of drug-likeness (QED) is 0.874. The van der Waals surface area contributed by atoms with E-state index in [0.717, 1.165) is 11.3 Å². The summed E-state index contributed by atoms with van der Waals surface area (Å²) in [7, 11) is 0. The number of amides is 1. The maximum absolute atomic E-state index is 13.2. The monoisotopic (exact) mass is 387 g/mol. The number of fused-ring (bicyclic) bond motifs is 1. The molecule has 1 N–H and O–H groups in total. The number of para-hydroxylation sites is 2. The van der Waals surface area contributed by atoms with E-state index >= 15 is 0 Å². The zero-order valence-corrected chi connectivity index (χ0v) is 15.7. The maximum atomic E-state index is 13.2. The van der Waals surface area contributed by atoms with Crippen LogP contribution in [0.4, 0.5) is 0 Å². The van der Waals surface area contributed by atoms with E-state index in [-0.39, 0.29) is 12.0 Å². The fraction of sp³-hybridized carbons (Fsp3) is 0.381. The number of rotatable bonds is 4. The second-order valence-corrected chi connectivity index (χ2v) is 7.29. The van der Waals surface area contributed by atoms with Crippen molar-refractivity contribution in [2.24, 2.45) is 0 Å². The molecule has 2 aromatic rings. The number of hydrogen-bond acceptors (Lipinski definition) is 4. The van der Waals surface area contributed by atoms with Gasteiger partial charge in [-0.05, 0) is 36.6 Å². The second kappa shape index (κ2) is 7.79. The first kappa shape index (κ1) is 18.1. The molecule has 142 valence electrons. The van der Waals surface area contributed by atoms with Crippen LogP contribution in [0.2, 0.25) is 5.02 Å². The minimum Gasteiger partial charge on any atom is -0.486 e. The predicted molar refractivity (Wildman–Crippen MR) is 103 cm³/mol. The summed E-state index contributed by atoms with van der Waals surface area (Å²) in [5.41, 5.74) is 0.183. The summed E-state index contributed by atoms with van der Waals surface area (Å²) in [6, 6.07) is 15.1. The van der Waals surface area contributed by atoms with Crippen molar-refractivity contribution in [1.29, 1.82) is 0 Å². The number of benzene rings is 2. The van der Waals surface area contributed by atoms with Gasteiger partial charge in [0, 0.05) is 18.2 Å². The van der Waals surface area contributed by atoms with Crippen molar-refractivity contribution in [3.8, 4) is 11.5 Å². The number of nitrogens with one attached hydrogen (secondary N) is 1. The molecule has 5 nitrogen and oxygen atoms in total. The molecule has 6 heteroatoms. The molecule has 2 aromatic carbocycles. The average molecular weight is 388 g/mol. The first-order chi connectivity index (χ1) is 13.2. The highest BCUT2D eigenvalue weighted by molar-refractivity contribution is 6.31. The van der Waals surface area contributed by atoms with Crippen LogP contribution in [0, 0.1) is 0 Å². The Morgan fingerprint density at radius 1 is 1.07 bits per heavy atom. The molecule has 1 saturated heterocycles. The van der Waals surface area contributed by atoms with Gasteiger partial charge in [-0.2, -0.15) is 0 Å². The Kier molecular flexibility index (Phi) is 5.23. The molecule has 1 amide bonds. The van der Waals surface area contributed by atoms with Gasteiger partial charge in [-0.15, -0.1) is 0 Å². The fourth-order valence-electron chi connectivity index (χ4n) is 3.73. The van der Waals surface area contributed by atoms with Crippen molar-refractivity contribution in [3.63, 3.8) is 0 Å². The molecule has 1 fully saturated rings. The number of carbonyl (C=O) groups is 1. The predicted octanol–water partition coefficient (Wildman–Crippen LogP) is 3.34. The summed E-state index contributed by atoms with van der Waals surface area (Å²) in [5.74, 6) is 1.40. The third-order valence-corrected chi connectivity index (χ3v) is 5.56. The molecule has 2 aliphatic heterocycles. The minimum absolute atomic E-state index is 0.0404. The zero-order chi connectivity index (χ0) is 18.7. The molecular formula is C21H22ClNO4. The van der Waals surface area contributed by atoms with E-state index in [2.05, 4.69) is 5.32 Å². The van der Waals surface area contributed by atoms with Gasteiger partial charge in [-0.25, -0.2) is 0 Å². The van der Waals surface area contributed by atoms with Crippen molar-refractivity contribution in [1.82, 2.24) is 5.32 Å². The summed E-state index contributed by atoms with van der Waals surface area (Å²) in [6.07, 6.45) is 0.980. The van der Waals surface area contributed by atoms with Crippen LogP contribution in [-0.4, -0.2) is 38.4 Å². The maximum Gasteiger partial charge on any atom is 0.231 e. The lowest BCUT2D eigenvalue weighted by Crippen LogP contribution is -2.51. The third-order valence-electron chi connectivity index (χ3n) is 5.23. The molecule has 0 spiro atoms. The summed E-state index contributed by atoms with van der Waals surface area (Å²) in [4.78, 5) is 13.2. The molecule has 2 heterocycles. The van der Waals surface area contributed by atoms with E-state index in [1.54, 1.807) is 0 Å². The van der Waals surface area contributed by atoms with E-state index in [0.29, 0.717) is 50.0 Å². The number of carbonyl (C=O) groups excluding carboxylic acids is 1. The Hall–Kier alpha value is -2.24. The smallest absolute Gasteiger partial charge is 0.231 e. The number of ether oxygens (including phenoxy) is 3. The van der Waals surface area contributed by atoms with Crippen molar-refractivity contribution in [2.45, 2.75) is 24.4 Å². The minimum atomic E-state index is -0.677. The van der Waals surface area contributed by atoms with Gasteiger partial charge in [-0.3, -0.25) is 4.79 Å². The highest BCUT2D eigenvalue weighted by Crippen LogP contribution is 2.39. The van der Waals surface area contributed by atoms with Gasteiger partial charge in [0.15, 0.2) is 11.5 Å². The molecule has 0 aromatic heterocycles. The molecule has 1 atom stereocenters. The van der Waals surface area contributed by atoms with Crippen molar-refractivity contribution >= 4 is 17.5 Å². The lowest BCUT2D eigenvalue weighted by atomic mass is 9.73. The van der Waals surface area contributed by atoms with Crippen LogP contribution in [0.25, 0.3) is 0 Å². The highest BCUT2D eigenvalue weighted by atomic mass is 35.5. The summed E-state index contributed by atoms with van der Waals surface area (Å²) in [5, 5.41) is 3.67. The Bertz CT molecular complexity index is 819. The van der Waals surface area contributed by atoms with E-state index in [4.69, 9.17) is 25.8 Å². The van der Waals surface area contributed by atoms with Gasteiger partial charge in [0.1, 0.15) is 12.7 Å². The Balaban J connectivity index is 1.48. The second-order valence-electron chi connectivity index (χ2n) is 6.88. The van der Waals surface area contributed by atoms with Gasteiger partial charge in [0.2, 0.25) is 5.91 Å². The van der Waals surface area contributed by atoms with Crippen LogP contribution in [0.1, 0.15) is 18.4 Å². The van der Waals surface area contributed by atoms with Crippen LogP contribution in [0.5, 0.6) is 11.5 Å². The first-order valence-electron chi connectivity index (χ1n) is 9.18. The van der Waals surface area contributed by atoms with Crippen molar-refractivity contribution in [2.75, 3.05) is 26.4 Å². The third kappa shape index (κ3) is 3.62. The van der Waals surface area contributed by atoms with Crippen molar-refractivity contribution < 1.29 is 19.0 Å². The fourth-order valence-corrected chi connectivity index (χ4v) is 4.04. The van der Waals surface area contributed by atoms with Gasteiger partial charge in [0.25, 0.3) is 0 Å². The largest absolute Gasteiger partial charge is 0.486 e. The van der Waals surface area contributed by atoms with Gasteiger partial charge >= 0.3 is 0 Å². The molecule has 0 bridgehead atoms. The van der Waals surface area contributed by atoms with E-state index in [1.807, 2.05) is 48.5 Å². The molecule has 2 aliphatic rings. The lowest BCUT2D eigenvalue weighted by Gasteiger charge is -2.37. The topological polar surface area (TPSA) is 56.8 Å². The summed E-state index contributed by atoms with van der Waals surface area (Å²) in [6.45, 7) is 1.85. The summed E-state index contributed by atoms with van der Waals surface area (Å²) < 4.78 is 17.2. The molecule has 0 radical (unpaired) electrons. The standard InChI is InChI=1S/C21H22ClNO4/c22-17-6-2-1-5-16(17)21(9-11-25-12-10-21)20(24)23-13-15-14-26-18-7-3-4-8-19(18)27-15/h1-8,15H,9-14H2,(H,23,24). The SMILES string of the molecule is O=C(NCC1COc2ccccc2O1)C1(c2ccccc2Cl)CCOCC1. The molecule has 4 rings (SSSR count). The van der Waals surface area contributed by atoms with Crippen LogP contribution in [-0.2, 0) is 14.9 Å². The molecule has 27 heavy (non-hydrogen) atoms. The Morgan fingerprint density at radius 2 is 1.78 bits per heavy atom. The first-order valence-corrected chi connectivity index (χ1v) is 9.56.